The van der Waals surface area contributed by atoms with Gasteiger partial charge in [-0.05, 0) is 62.6 Å². The number of aryl methyl sites for hydroxylation is 4. The van der Waals surface area contributed by atoms with Crippen LogP contribution in [0.15, 0.2) is 101 Å². The van der Waals surface area contributed by atoms with E-state index < -0.39 is 16.1 Å². The van der Waals surface area contributed by atoms with Crippen LogP contribution in [0.2, 0.25) is 0 Å². The predicted octanol–water partition coefficient (Wildman–Crippen LogP) is 6.98. The summed E-state index contributed by atoms with van der Waals surface area (Å²) in [5.74, 6) is -0.216. The van der Waals surface area contributed by atoms with Gasteiger partial charge in [0.05, 0.1) is 22.2 Å². The van der Waals surface area contributed by atoms with E-state index in [0.29, 0.717) is 5.69 Å². The summed E-state index contributed by atoms with van der Waals surface area (Å²) >= 11 is 0. The van der Waals surface area contributed by atoms with Crippen LogP contribution in [0.25, 0.3) is 0 Å². The minimum atomic E-state index is -3.79. The zero-order valence-corrected chi connectivity index (χ0v) is 22.2. The van der Waals surface area contributed by atoms with Crippen LogP contribution in [-0.4, -0.2) is 14.1 Å². The Morgan fingerprint density at radius 1 is 0.757 bits per heavy atom. The molecule has 0 aliphatic carbocycles. The van der Waals surface area contributed by atoms with Crippen LogP contribution in [0.3, 0.4) is 0 Å². The van der Waals surface area contributed by atoms with Crippen molar-refractivity contribution in [3.05, 3.63) is 130 Å². The molecule has 0 amide bonds. The monoisotopic (exact) mass is 510 g/mol. The molecule has 1 heterocycles. The second kappa shape index (κ2) is 9.87. The molecule has 188 valence electrons. The summed E-state index contributed by atoms with van der Waals surface area (Å²) < 4.78 is 29.3. The first-order valence-corrected chi connectivity index (χ1v) is 13.8. The number of nitrogens with one attached hydrogen (secondary N) is 1. The molecule has 0 unspecified atom stereocenters. The molecule has 0 aromatic heterocycles. The summed E-state index contributed by atoms with van der Waals surface area (Å²) in [6.07, 6.45) is -0.505. The maximum Gasteiger partial charge on any atom is 0.261 e. The fraction of sp³-hybridized carbons (Fsp3) is 0.194. The molecule has 2 atom stereocenters. The van der Waals surface area contributed by atoms with Crippen molar-refractivity contribution < 1.29 is 13.3 Å². The van der Waals surface area contributed by atoms with Crippen LogP contribution >= 0.6 is 0 Å². The van der Waals surface area contributed by atoms with Crippen molar-refractivity contribution in [3.8, 4) is 0 Å². The molecule has 4 aromatic carbocycles. The molecule has 6 heteroatoms. The van der Waals surface area contributed by atoms with Crippen molar-refractivity contribution in [2.75, 3.05) is 4.72 Å². The molecule has 5 nitrogen and oxygen atoms in total. The van der Waals surface area contributed by atoms with Gasteiger partial charge in [0.1, 0.15) is 0 Å². The first-order valence-electron chi connectivity index (χ1n) is 12.3. The molecule has 0 spiro atoms. The Morgan fingerprint density at radius 3 is 2.05 bits per heavy atom. The number of anilines is 1. The normalized spacial score (nSPS) is 17.2. The van der Waals surface area contributed by atoms with E-state index in [1.165, 1.54) is 5.56 Å². The quantitative estimate of drug-likeness (QED) is 0.304. The summed E-state index contributed by atoms with van der Waals surface area (Å²) in [5, 5.41) is 4.62. The average molecular weight is 511 g/mol. The fourth-order valence-electron chi connectivity index (χ4n) is 5.15. The van der Waals surface area contributed by atoms with E-state index in [2.05, 4.69) is 54.9 Å². The van der Waals surface area contributed by atoms with Crippen LogP contribution in [0.4, 0.5) is 5.69 Å². The summed E-state index contributed by atoms with van der Waals surface area (Å²) in [5.41, 5.74) is 8.64. The van der Waals surface area contributed by atoms with E-state index in [0.717, 1.165) is 39.1 Å². The number of nitrogens with zero attached hydrogens (tertiary/aromatic N) is 1. The number of rotatable bonds is 6. The van der Waals surface area contributed by atoms with Gasteiger partial charge in [-0.1, -0.05) is 89.1 Å². The molecule has 4 aromatic rings. The third-order valence-electron chi connectivity index (χ3n) is 6.80. The van der Waals surface area contributed by atoms with Gasteiger partial charge in [0.15, 0.2) is 6.10 Å². The predicted molar refractivity (Wildman–Crippen MR) is 149 cm³/mol. The van der Waals surface area contributed by atoms with E-state index in [1.807, 2.05) is 43.3 Å². The highest BCUT2D eigenvalue weighted by atomic mass is 32.2. The highest BCUT2D eigenvalue weighted by molar-refractivity contribution is 7.92. The highest BCUT2D eigenvalue weighted by Gasteiger charge is 2.40. The van der Waals surface area contributed by atoms with E-state index >= 15 is 0 Å². The lowest BCUT2D eigenvalue weighted by Crippen LogP contribution is -2.20. The Balaban J connectivity index is 1.58. The Bertz CT molecular complexity index is 1550. The lowest BCUT2D eigenvalue weighted by molar-refractivity contribution is 0.0768. The van der Waals surface area contributed by atoms with Crippen LogP contribution in [0.1, 0.15) is 51.0 Å². The standard InChI is InChI=1S/C31H30N2O3S/c1-20-14-16-25(17-15-20)37(34,35)33-27-13-9-8-12-26(27)31-29(24-10-6-5-7-11-24)30(32-36-31)28-22(3)18-21(2)19-23(28)4/h5-19,29,31,33H,1-4H3/t29-,31+/m1/s1. The van der Waals surface area contributed by atoms with Gasteiger partial charge in [-0.3, -0.25) is 4.72 Å². The summed E-state index contributed by atoms with van der Waals surface area (Å²) in [4.78, 5) is 6.35. The topological polar surface area (TPSA) is 67.8 Å². The fourth-order valence-corrected chi connectivity index (χ4v) is 6.24. The van der Waals surface area contributed by atoms with Gasteiger partial charge in [0, 0.05) is 11.1 Å². The van der Waals surface area contributed by atoms with E-state index in [-0.39, 0.29) is 10.8 Å². The lowest BCUT2D eigenvalue weighted by Gasteiger charge is -2.23. The molecule has 37 heavy (non-hydrogen) atoms. The van der Waals surface area contributed by atoms with Gasteiger partial charge in [0.25, 0.3) is 10.0 Å². The first-order chi connectivity index (χ1) is 17.7. The second-order valence-electron chi connectivity index (χ2n) is 9.67. The molecule has 0 bridgehead atoms. The summed E-state index contributed by atoms with van der Waals surface area (Å²) in [6, 6.07) is 28.6. The van der Waals surface area contributed by atoms with E-state index in [4.69, 9.17) is 4.84 Å². The molecule has 0 saturated carbocycles. The molecule has 0 saturated heterocycles. The van der Waals surface area contributed by atoms with Gasteiger partial charge in [0.2, 0.25) is 0 Å². The molecule has 0 fully saturated rings. The summed E-state index contributed by atoms with van der Waals surface area (Å²) in [7, 11) is -3.79. The van der Waals surface area contributed by atoms with Crippen molar-refractivity contribution in [1.29, 1.82) is 0 Å². The molecule has 1 aliphatic heterocycles. The largest absolute Gasteiger partial charge is 0.386 e. The van der Waals surface area contributed by atoms with Crippen molar-refractivity contribution in [2.45, 2.75) is 44.6 Å². The number of oxime groups is 1. The molecule has 5 rings (SSSR count). The van der Waals surface area contributed by atoms with Gasteiger partial charge in [-0.25, -0.2) is 8.42 Å². The van der Waals surface area contributed by atoms with Crippen LogP contribution < -0.4 is 4.72 Å². The minimum absolute atomic E-state index is 0.211. The van der Waals surface area contributed by atoms with Gasteiger partial charge < -0.3 is 4.84 Å². The Kier molecular flexibility index (Phi) is 6.61. The second-order valence-corrected chi connectivity index (χ2v) is 11.4. The molecule has 1 N–H and O–H groups in total. The first kappa shape index (κ1) is 24.8. The zero-order chi connectivity index (χ0) is 26.2. The van der Waals surface area contributed by atoms with Gasteiger partial charge in [-0.15, -0.1) is 0 Å². The third kappa shape index (κ3) is 4.89. The number of benzene rings is 4. The molecule has 1 aliphatic rings. The lowest BCUT2D eigenvalue weighted by atomic mass is 9.80. The number of hydrogen-bond donors (Lipinski definition) is 1. The van der Waals surface area contributed by atoms with Crippen LogP contribution in [0, 0.1) is 27.7 Å². The highest BCUT2D eigenvalue weighted by Crippen LogP contribution is 2.45. The SMILES string of the molecule is Cc1ccc(S(=O)(=O)Nc2ccccc2[C@@H]2ON=C(c3c(C)cc(C)cc3C)[C@H]2c2ccccc2)cc1. The van der Waals surface area contributed by atoms with E-state index in [9.17, 15) is 8.42 Å². The summed E-state index contributed by atoms with van der Waals surface area (Å²) in [6.45, 7) is 8.20. The average Bonchev–Trinajstić information content (AvgIpc) is 3.28. The molecular weight excluding hydrogens is 480 g/mol. The maximum atomic E-state index is 13.3. The Hall–Kier alpha value is -3.90. The molecular formula is C31H30N2O3S. The number of sulfonamides is 1. The van der Waals surface area contributed by atoms with Crippen LogP contribution in [0.5, 0.6) is 0 Å². The van der Waals surface area contributed by atoms with Crippen molar-refractivity contribution in [3.63, 3.8) is 0 Å². The van der Waals surface area contributed by atoms with Crippen molar-refractivity contribution in [2.24, 2.45) is 5.16 Å². The van der Waals surface area contributed by atoms with Gasteiger partial charge in [-0.2, -0.15) is 0 Å². The smallest absolute Gasteiger partial charge is 0.261 e. The molecule has 0 radical (unpaired) electrons. The Morgan fingerprint density at radius 2 is 1.38 bits per heavy atom. The van der Waals surface area contributed by atoms with Crippen LogP contribution in [-0.2, 0) is 14.9 Å². The van der Waals surface area contributed by atoms with Crippen molar-refractivity contribution in [1.82, 2.24) is 0 Å². The van der Waals surface area contributed by atoms with Crippen molar-refractivity contribution >= 4 is 21.4 Å². The number of hydrogen-bond acceptors (Lipinski definition) is 4. The zero-order valence-electron chi connectivity index (χ0n) is 21.4. The Labute approximate surface area is 218 Å². The van der Waals surface area contributed by atoms with Gasteiger partial charge >= 0.3 is 0 Å². The third-order valence-corrected chi connectivity index (χ3v) is 8.18. The van der Waals surface area contributed by atoms with E-state index in [1.54, 1.807) is 30.3 Å². The maximum absolute atomic E-state index is 13.3. The number of para-hydroxylation sites is 1. The minimum Gasteiger partial charge on any atom is -0.386 e.